The highest BCUT2D eigenvalue weighted by molar-refractivity contribution is 5.20. The van der Waals surface area contributed by atoms with Crippen LogP contribution >= 0.6 is 0 Å². The summed E-state index contributed by atoms with van der Waals surface area (Å²) in [6.07, 6.45) is 2.13. The second-order valence-corrected chi connectivity index (χ2v) is 3.79. The number of aliphatic hydroxyl groups is 1. The molecule has 15 heavy (non-hydrogen) atoms. The van der Waals surface area contributed by atoms with Crippen molar-refractivity contribution >= 4 is 0 Å². The van der Waals surface area contributed by atoms with Crippen molar-refractivity contribution in [2.45, 2.75) is 38.3 Å². The van der Waals surface area contributed by atoms with E-state index in [1.165, 1.54) is 12.1 Å². The molecule has 3 N–H and O–H groups in total. The highest BCUT2D eigenvalue weighted by Crippen LogP contribution is 2.18. The first kappa shape index (κ1) is 12.1. The maximum absolute atomic E-state index is 12.7. The molecule has 0 aliphatic carbocycles. The average molecular weight is 211 g/mol. The molecule has 0 aliphatic rings. The first-order valence-electron chi connectivity index (χ1n) is 5.34. The normalized spacial score (nSPS) is 14.9. The quantitative estimate of drug-likeness (QED) is 0.785. The zero-order valence-corrected chi connectivity index (χ0v) is 8.99. The van der Waals surface area contributed by atoms with E-state index in [2.05, 4.69) is 6.92 Å². The van der Waals surface area contributed by atoms with Crippen molar-refractivity contribution in [1.82, 2.24) is 0 Å². The lowest BCUT2D eigenvalue weighted by Crippen LogP contribution is -2.26. The Balaban J connectivity index is 2.59. The van der Waals surface area contributed by atoms with Crippen molar-refractivity contribution in [3.8, 4) is 0 Å². The van der Waals surface area contributed by atoms with Gasteiger partial charge < -0.3 is 10.8 Å². The Morgan fingerprint density at radius 3 is 2.47 bits per heavy atom. The number of unbranched alkanes of at least 4 members (excludes halogenated alkanes) is 1. The molecule has 0 aromatic heterocycles. The molecule has 0 saturated heterocycles. The lowest BCUT2D eigenvalue weighted by Gasteiger charge is -2.18. The van der Waals surface area contributed by atoms with Gasteiger partial charge in [0.1, 0.15) is 5.82 Å². The van der Waals surface area contributed by atoms with Crippen molar-refractivity contribution in [3.63, 3.8) is 0 Å². The van der Waals surface area contributed by atoms with Crippen molar-refractivity contribution in [3.05, 3.63) is 35.6 Å². The summed E-state index contributed by atoms with van der Waals surface area (Å²) in [4.78, 5) is 0. The maximum Gasteiger partial charge on any atom is 0.123 e. The third-order valence-corrected chi connectivity index (χ3v) is 2.52. The second-order valence-electron chi connectivity index (χ2n) is 3.79. The van der Waals surface area contributed by atoms with E-state index in [-0.39, 0.29) is 5.82 Å². The van der Waals surface area contributed by atoms with Crippen LogP contribution in [0.15, 0.2) is 24.3 Å². The lowest BCUT2D eigenvalue weighted by atomic mass is 9.98. The molecule has 0 unspecified atom stereocenters. The molecule has 0 bridgehead atoms. The summed E-state index contributed by atoms with van der Waals surface area (Å²) < 4.78 is 12.7. The largest absolute Gasteiger partial charge is 0.391 e. The molecule has 0 saturated carbocycles. The third kappa shape index (κ3) is 3.61. The number of halogens is 1. The molecule has 3 heteroatoms. The minimum atomic E-state index is -0.546. The van der Waals surface area contributed by atoms with E-state index in [1.807, 2.05) is 0 Å². The Morgan fingerprint density at radius 1 is 1.33 bits per heavy atom. The molecule has 0 fully saturated rings. The van der Waals surface area contributed by atoms with E-state index >= 15 is 0 Å². The molecule has 2 atom stereocenters. The van der Waals surface area contributed by atoms with Gasteiger partial charge in [-0.15, -0.1) is 0 Å². The lowest BCUT2D eigenvalue weighted by molar-refractivity contribution is 0.132. The van der Waals surface area contributed by atoms with Crippen LogP contribution in [0.2, 0.25) is 0 Å². The van der Waals surface area contributed by atoms with Crippen molar-refractivity contribution in [2.75, 3.05) is 0 Å². The van der Waals surface area contributed by atoms with Crippen LogP contribution in [0.25, 0.3) is 0 Å². The maximum atomic E-state index is 12.7. The molecular formula is C12H18FNO. The monoisotopic (exact) mass is 211 g/mol. The number of rotatable bonds is 5. The molecule has 84 valence electrons. The zero-order valence-electron chi connectivity index (χ0n) is 8.99. The zero-order chi connectivity index (χ0) is 11.3. The van der Waals surface area contributed by atoms with Gasteiger partial charge >= 0.3 is 0 Å². The van der Waals surface area contributed by atoms with E-state index in [0.29, 0.717) is 6.42 Å². The summed E-state index contributed by atoms with van der Waals surface area (Å²) in [7, 11) is 0. The van der Waals surface area contributed by atoms with Gasteiger partial charge in [-0.2, -0.15) is 0 Å². The molecule has 1 aromatic rings. The van der Waals surface area contributed by atoms with Gasteiger partial charge in [-0.25, -0.2) is 4.39 Å². The van der Waals surface area contributed by atoms with Crippen LogP contribution < -0.4 is 5.73 Å². The topological polar surface area (TPSA) is 46.2 Å². The summed E-state index contributed by atoms with van der Waals surface area (Å²) in [5.74, 6) is -0.283. The van der Waals surface area contributed by atoms with E-state index in [0.717, 1.165) is 18.4 Å². The van der Waals surface area contributed by atoms with Crippen LogP contribution in [0.3, 0.4) is 0 Å². The second kappa shape index (κ2) is 5.83. The SMILES string of the molecule is CCCC[C@H](O)[C@H](N)c1ccc(F)cc1. The van der Waals surface area contributed by atoms with Gasteiger partial charge in [-0.3, -0.25) is 0 Å². The van der Waals surface area contributed by atoms with Gasteiger partial charge in [0.05, 0.1) is 12.1 Å². The Kier molecular flexibility index (Phi) is 4.72. The van der Waals surface area contributed by atoms with Crippen LogP contribution in [0.5, 0.6) is 0 Å². The van der Waals surface area contributed by atoms with Gasteiger partial charge in [-0.1, -0.05) is 31.9 Å². The van der Waals surface area contributed by atoms with E-state index < -0.39 is 12.1 Å². The first-order valence-corrected chi connectivity index (χ1v) is 5.34. The summed E-state index contributed by atoms with van der Waals surface area (Å²) >= 11 is 0. The third-order valence-electron chi connectivity index (χ3n) is 2.52. The minimum absolute atomic E-state index is 0.283. The molecule has 1 rings (SSSR count). The van der Waals surface area contributed by atoms with Crippen LogP contribution in [0, 0.1) is 5.82 Å². The first-order chi connectivity index (χ1) is 7.15. The van der Waals surface area contributed by atoms with E-state index in [1.54, 1.807) is 12.1 Å². The fraction of sp³-hybridized carbons (Fsp3) is 0.500. The van der Waals surface area contributed by atoms with Crippen LogP contribution in [-0.4, -0.2) is 11.2 Å². The number of hydrogen-bond acceptors (Lipinski definition) is 2. The van der Waals surface area contributed by atoms with Crippen LogP contribution in [-0.2, 0) is 0 Å². The van der Waals surface area contributed by atoms with Gasteiger partial charge in [-0.05, 0) is 24.1 Å². The van der Waals surface area contributed by atoms with Gasteiger partial charge in [0, 0.05) is 0 Å². The molecule has 0 heterocycles. The predicted octanol–water partition coefficient (Wildman–Crippen LogP) is 2.38. The molecule has 0 spiro atoms. The average Bonchev–Trinajstić information content (AvgIpc) is 2.26. The predicted molar refractivity (Wildman–Crippen MR) is 58.9 cm³/mol. The smallest absolute Gasteiger partial charge is 0.123 e. The molecule has 0 amide bonds. The fourth-order valence-corrected chi connectivity index (χ4v) is 1.50. The van der Waals surface area contributed by atoms with E-state index in [4.69, 9.17) is 5.73 Å². The Labute approximate surface area is 89.9 Å². The number of hydrogen-bond donors (Lipinski definition) is 2. The highest BCUT2D eigenvalue weighted by Gasteiger charge is 2.15. The summed E-state index contributed by atoms with van der Waals surface area (Å²) in [6, 6.07) is 5.55. The molecular weight excluding hydrogens is 193 g/mol. The van der Waals surface area contributed by atoms with Crippen molar-refractivity contribution < 1.29 is 9.50 Å². The fourth-order valence-electron chi connectivity index (χ4n) is 1.50. The van der Waals surface area contributed by atoms with Crippen molar-refractivity contribution in [2.24, 2.45) is 5.73 Å². The van der Waals surface area contributed by atoms with Gasteiger partial charge in [0.2, 0.25) is 0 Å². The molecule has 2 nitrogen and oxygen atoms in total. The Hall–Kier alpha value is -0.930. The summed E-state index contributed by atoms with van der Waals surface area (Å²) in [5.41, 5.74) is 6.63. The molecule has 0 aliphatic heterocycles. The number of aliphatic hydroxyl groups excluding tert-OH is 1. The molecule has 1 aromatic carbocycles. The van der Waals surface area contributed by atoms with Gasteiger partial charge in [0.25, 0.3) is 0 Å². The minimum Gasteiger partial charge on any atom is -0.391 e. The Morgan fingerprint density at radius 2 is 1.93 bits per heavy atom. The van der Waals surface area contributed by atoms with Gasteiger partial charge in [0.15, 0.2) is 0 Å². The summed E-state index contributed by atoms with van der Waals surface area (Å²) in [5, 5.41) is 9.75. The van der Waals surface area contributed by atoms with Crippen LogP contribution in [0.1, 0.15) is 37.8 Å². The summed E-state index contributed by atoms with van der Waals surface area (Å²) in [6.45, 7) is 2.07. The molecule has 0 radical (unpaired) electrons. The van der Waals surface area contributed by atoms with Crippen molar-refractivity contribution in [1.29, 1.82) is 0 Å². The standard InChI is InChI=1S/C12H18FNO/c1-2-3-4-11(15)12(14)9-5-7-10(13)8-6-9/h5-8,11-12,15H,2-4,14H2,1H3/t11-,12+/m0/s1. The Bertz CT molecular complexity index is 286. The highest BCUT2D eigenvalue weighted by atomic mass is 19.1. The van der Waals surface area contributed by atoms with Crippen LogP contribution in [0.4, 0.5) is 4.39 Å². The number of benzene rings is 1. The number of nitrogens with two attached hydrogens (primary N) is 1. The van der Waals surface area contributed by atoms with E-state index in [9.17, 15) is 9.50 Å².